The third-order valence-electron chi connectivity index (χ3n) is 4.34. The van der Waals surface area contributed by atoms with Crippen LogP contribution in [0.2, 0.25) is 0 Å². The van der Waals surface area contributed by atoms with Crippen molar-refractivity contribution in [3.05, 3.63) is 48.0 Å². The number of carbonyl (C=O) groups is 3. The van der Waals surface area contributed by atoms with Crippen LogP contribution in [0.1, 0.15) is 19.4 Å². The molecule has 28 heavy (non-hydrogen) atoms. The highest BCUT2D eigenvalue weighted by Gasteiger charge is 2.61. The Morgan fingerprint density at radius 3 is 2.39 bits per heavy atom. The van der Waals surface area contributed by atoms with E-state index in [0.717, 1.165) is 0 Å². The minimum absolute atomic E-state index is 0.214. The van der Waals surface area contributed by atoms with Crippen molar-refractivity contribution in [2.75, 3.05) is 11.6 Å². The van der Waals surface area contributed by atoms with Gasteiger partial charge in [-0.1, -0.05) is 32.0 Å². The van der Waals surface area contributed by atoms with E-state index in [1.54, 1.807) is 24.3 Å². The highest BCUT2D eigenvalue weighted by atomic mass is 16.5. The summed E-state index contributed by atoms with van der Waals surface area (Å²) in [5.74, 6) is -1.85. The Kier molecular flexibility index (Phi) is 4.83. The standard InChI is InChI=1S/C17H13N3O6.C2H6/c21-12-6-5-9(7-13(12)22)26-8-20-11-4-2-1-3-10(11)17(15(20)24)14(23)18-16(25)19-17;1-2/h1-7,21-22H,8H2,(H2,18,19,23,25);1-2H3. The summed E-state index contributed by atoms with van der Waals surface area (Å²) in [6, 6.07) is 9.69. The normalized spacial score (nSPS) is 19.6. The van der Waals surface area contributed by atoms with Crippen LogP contribution in [0.15, 0.2) is 42.5 Å². The lowest BCUT2D eigenvalue weighted by Gasteiger charge is -2.21. The second kappa shape index (κ2) is 7.10. The first kappa shape index (κ1) is 19.0. The molecule has 0 radical (unpaired) electrons. The molecule has 4 amide bonds. The van der Waals surface area contributed by atoms with Crippen LogP contribution in [-0.2, 0) is 15.1 Å². The number of hydrogen-bond acceptors (Lipinski definition) is 6. The highest BCUT2D eigenvalue weighted by molar-refractivity contribution is 6.27. The van der Waals surface area contributed by atoms with Gasteiger partial charge in [0.1, 0.15) is 5.75 Å². The Morgan fingerprint density at radius 1 is 1.04 bits per heavy atom. The van der Waals surface area contributed by atoms with Crippen molar-refractivity contribution in [1.82, 2.24) is 10.6 Å². The van der Waals surface area contributed by atoms with E-state index in [2.05, 4.69) is 10.6 Å². The summed E-state index contributed by atoms with van der Waals surface area (Å²) in [5, 5.41) is 23.4. The molecule has 2 aromatic carbocycles. The predicted molar refractivity (Wildman–Crippen MR) is 98.9 cm³/mol. The zero-order valence-corrected chi connectivity index (χ0v) is 15.2. The monoisotopic (exact) mass is 385 g/mol. The molecule has 9 heteroatoms. The summed E-state index contributed by atoms with van der Waals surface area (Å²) in [5.41, 5.74) is -1.03. The van der Waals surface area contributed by atoms with E-state index in [9.17, 15) is 24.6 Å². The Labute approximate surface area is 160 Å². The Morgan fingerprint density at radius 2 is 1.75 bits per heavy atom. The number of para-hydroxylation sites is 1. The van der Waals surface area contributed by atoms with Crippen molar-refractivity contribution in [3.8, 4) is 17.2 Å². The molecule has 2 heterocycles. The largest absolute Gasteiger partial charge is 0.504 e. The van der Waals surface area contributed by atoms with Crippen molar-refractivity contribution < 1.29 is 29.3 Å². The fraction of sp³-hybridized carbons (Fsp3) is 0.211. The van der Waals surface area contributed by atoms with Gasteiger partial charge in [-0.15, -0.1) is 0 Å². The molecule has 0 aliphatic carbocycles. The molecule has 1 atom stereocenters. The van der Waals surface area contributed by atoms with E-state index in [1.807, 2.05) is 13.8 Å². The Hall–Kier alpha value is -3.75. The summed E-state index contributed by atoms with van der Waals surface area (Å²) >= 11 is 0. The SMILES string of the molecule is CC.O=C1NC(=O)C2(N1)C(=O)N(COc1ccc(O)c(O)c1)c1ccccc12. The maximum Gasteiger partial charge on any atom is 0.323 e. The summed E-state index contributed by atoms with van der Waals surface area (Å²) in [6.45, 7) is 3.74. The van der Waals surface area contributed by atoms with Gasteiger partial charge >= 0.3 is 6.03 Å². The van der Waals surface area contributed by atoms with Crippen LogP contribution in [0, 0.1) is 0 Å². The maximum atomic E-state index is 13.0. The molecular weight excluding hydrogens is 366 g/mol. The molecule has 0 saturated carbocycles. The smallest absolute Gasteiger partial charge is 0.323 e. The third-order valence-corrected chi connectivity index (χ3v) is 4.34. The van der Waals surface area contributed by atoms with Gasteiger partial charge in [-0.05, 0) is 18.2 Å². The third kappa shape index (κ3) is 2.77. The van der Waals surface area contributed by atoms with Gasteiger partial charge in [0.25, 0.3) is 11.8 Å². The number of nitrogens with one attached hydrogen (secondary N) is 2. The summed E-state index contributed by atoms with van der Waals surface area (Å²) in [7, 11) is 0. The number of urea groups is 1. The number of benzene rings is 2. The van der Waals surface area contributed by atoms with Crippen molar-refractivity contribution in [2.45, 2.75) is 19.4 Å². The van der Waals surface area contributed by atoms with E-state index in [1.165, 1.54) is 23.1 Å². The van der Waals surface area contributed by atoms with Crippen LogP contribution in [0.3, 0.4) is 0 Å². The number of phenols is 2. The molecule has 9 nitrogen and oxygen atoms in total. The number of nitrogens with zero attached hydrogens (tertiary/aromatic N) is 1. The molecule has 1 spiro atoms. The zero-order chi connectivity index (χ0) is 20.5. The average Bonchev–Trinajstić information content (AvgIpc) is 3.13. The fourth-order valence-corrected chi connectivity index (χ4v) is 3.11. The molecule has 1 fully saturated rings. The van der Waals surface area contributed by atoms with Crippen LogP contribution in [-0.4, -0.2) is 34.8 Å². The lowest BCUT2D eigenvalue weighted by Crippen LogP contribution is -2.52. The predicted octanol–water partition coefficient (Wildman–Crippen LogP) is 1.54. The number of aromatic hydroxyl groups is 2. The molecule has 146 valence electrons. The van der Waals surface area contributed by atoms with E-state index in [-0.39, 0.29) is 24.0 Å². The maximum absolute atomic E-state index is 13.0. The summed E-state index contributed by atoms with van der Waals surface area (Å²) in [6.07, 6.45) is 0. The van der Waals surface area contributed by atoms with Crippen molar-refractivity contribution >= 4 is 23.5 Å². The number of hydrogen-bond donors (Lipinski definition) is 4. The molecule has 1 unspecified atom stereocenters. The van der Waals surface area contributed by atoms with Crippen LogP contribution in [0.5, 0.6) is 17.2 Å². The van der Waals surface area contributed by atoms with Gasteiger partial charge in [0, 0.05) is 11.6 Å². The van der Waals surface area contributed by atoms with Gasteiger partial charge in [0.05, 0.1) is 5.69 Å². The van der Waals surface area contributed by atoms with Crippen LogP contribution < -0.4 is 20.3 Å². The van der Waals surface area contributed by atoms with E-state index in [4.69, 9.17) is 4.74 Å². The van der Waals surface area contributed by atoms with Crippen molar-refractivity contribution in [1.29, 1.82) is 0 Å². The molecule has 4 N–H and O–H groups in total. The molecule has 0 bridgehead atoms. The van der Waals surface area contributed by atoms with Gasteiger partial charge in [-0.25, -0.2) is 4.79 Å². The number of amides is 4. The highest BCUT2D eigenvalue weighted by Crippen LogP contribution is 2.42. The minimum Gasteiger partial charge on any atom is -0.504 e. The van der Waals surface area contributed by atoms with Crippen molar-refractivity contribution in [3.63, 3.8) is 0 Å². The van der Waals surface area contributed by atoms with Gasteiger partial charge < -0.3 is 20.3 Å². The quantitative estimate of drug-likeness (QED) is 0.360. The van der Waals surface area contributed by atoms with Gasteiger partial charge in [0.15, 0.2) is 18.2 Å². The number of fused-ring (bicyclic) bond motifs is 2. The van der Waals surface area contributed by atoms with E-state index < -0.39 is 23.4 Å². The first-order chi connectivity index (χ1) is 13.4. The van der Waals surface area contributed by atoms with Crippen LogP contribution >= 0.6 is 0 Å². The van der Waals surface area contributed by atoms with Crippen LogP contribution in [0.25, 0.3) is 0 Å². The lowest BCUT2D eigenvalue weighted by molar-refractivity contribution is -0.134. The topological polar surface area (TPSA) is 128 Å². The second-order valence-corrected chi connectivity index (χ2v) is 5.83. The molecule has 2 aliphatic rings. The number of imide groups is 1. The minimum atomic E-state index is -1.81. The molecular formula is C19H19N3O6. The molecule has 2 aliphatic heterocycles. The zero-order valence-electron chi connectivity index (χ0n) is 15.2. The van der Waals surface area contributed by atoms with Crippen LogP contribution in [0.4, 0.5) is 10.5 Å². The van der Waals surface area contributed by atoms with Gasteiger partial charge in [-0.2, -0.15) is 0 Å². The number of anilines is 1. The first-order valence-corrected chi connectivity index (χ1v) is 8.63. The number of ether oxygens (including phenoxy) is 1. The van der Waals surface area contributed by atoms with Gasteiger partial charge in [0.2, 0.25) is 5.54 Å². The van der Waals surface area contributed by atoms with E-state index in [0.29, 0.717) is 11.3 Å². The van der Waals surface area contributed by atoms with E-state index >= 15 is 0 Å². The molecule has 1 saturated heterocycles. The number of rotatable bonds is 3. The molecule has 0 aromatic heterocycles. The second-order valence-electron chi connectivity index (χ2n) is 5.83. The fourth-order valence-electron chi connectivity index (χ4n) is 3.11. The number of phenolic OH excluding ortho intramolecular Hbond substituents is 2. The lowest BCUT2D eigenvalue weighted by atomic mass is 9.92. The first-order valence-electron chi connectivity index (χ1n) is 8.63. The molecule has 4 rings (SSSR count). The Bertz CT molecular complexity index is 960. The summed E-state index contributed by atoms with van der Waals surface area (Å²) in [4.78, 5) is 38.2. The average molecular weight is 385 g/mol. The molecule has 2 aromatic rings. The van der Waals surface area contributed by atoms with Gasteiger partial charge in [-0.3, -0.25) is 19.8 Å². The number of carbonyl (C=O) groups excluding carboxylic acids is 3. The van der Waals surface area contributed by atoms with Crippen molar-refractivity contribution in [2.24, 2.45) is 0 Å². The summed E-state index contributed by atoms with van der Waals surface area (Å²) < 4.78 is 5.51. The Balaban J connectivity index is 0.00000109.